The molecule has 0 fully saturated rings. The van der Waals surface area contributed by atoms with Gasteiger partial charge < -0.3 is 10.1 Å². The first kappa shape index (κ1) is 15.0. The molecule has 0 saturated carbocycles. The average Bonchev–Trinajstić information content (AvgIpc) is 2.45. The van der Waals surface area contributed by atoms with Gasteiger partial charge in [0.1, 0.15) is 6.61 Å². The first-order chi connectivity index (χ1) is 9.17. The lowest BCUT2D eigenvalue weighted by molar-refractivity contribution is 0.132. The molecule has 2 atom stereocenters. The number of ether oxygens (including phenoxy) is 1. The highest BCUT2D eigenvalue weighted by atomic mass is 16.5. The summed E-state index contributed by atoms with van der Waals surface area (Å²) in [5, 5.41) is 11.5. The van der Waals surface area contributed by atoms with Crippen LogP contribution in [0.25, 0.3) is 0 Å². The third-order valence-electron chi connectivity index (χ3n) is 3.16. The van der Waals surface area contributed by atoms with Gasteiger partial charge in [0, 0.05) is 6.04 Å². The molecule has 0 aromatic heterocycles. The molecule has 1 N–H and O–H groups in total. The van der Waals surface area contributed by atoms with Gasteiger partial charge in [-0.3, -0.25) is 0 Å². The first-order valence-corrected chi connectivity index (χ1v) is 6.51. The van der Waals surface area contributed by atoms with Crippen molar-refractivity contribution in [3.8, 4) is 6.07 Å². The quantitative estimate of drug-likeness (QED) is 0.854. The maximum absolute atomic E-state index is 11.7. The van der Waals surface area contributed by atoms with Crippen molar-refractivity contribution in [3.05, 3.63) is 35.9 Å². The van der Waals surface area contributed by atoms with Crippen molar-refractivity contribution in [1.29, 1.82) is 5.26 Å². The highest BCUT2D eigenvalue weighted by Gasteiger charge is 2.18. The SMILES string of the molecule is CCC(C)[C@@H](CC#N)NC(=O)OCc1ccccc1. The lowest BCUT2D eigenvalue weighted by Gasteiger charge is -2.21. The third-order valence-corrected chi connectivity index (χ3v) is 3.16. The molecule has 0 radical (unpaired) electrons. The van der Waals surface area contributed by atoms with E-state index in [1.807, 2.05) is 44.2 Å². The van der Waals surface area contributed by atoms with E-state index >= 15 is 0 Å². The summed E-state index contributed by atoms with van der Waals surface area (Å²) in [6.45, 7) is 4.29. The molecule has 0 aliphatic carbocycles. The Balaban J connectivity index is 2.43. The van der Waals surface area contributed by atoms with Crippen LogP contribution >= 0.6 is 0 Å². The number of amides is 1. The molecular formula is C15H20N2O2. The minimum atomic E-state index is -0.468. The first-order valence-electron chi connectivity index (χ1n) is 6.51. The Labute approximate surface area is 114 Å². The molecule has 0 aliphatic heterocycles. The van der Waals surface area contributed by atoms with Gasteiger partial charge in [-0.1, -0.05) is 50.6 Å². The van der Waals surface area contributed by atoms with E-state index in [-0.39, 0.29) is 18.6 Å². The van der Waals surface area contributed by atoms with E-state index in [4.69, 9.17) is 10.00 Å². The molecule has 0 saturated heterocycles. The highest BCUT2D eigenvalue weighted by Crippen LogP contribution is 2.11. The second kappa shape index (κ2) is 8.15. The zero-order chi connectivity index (χ0) is 14.1. The van der Waals surface area contributed by atoms with Crippen LogP contribution in [0.3, 0.4) is 0 Å². The molecule has 1 aromatic rings. The van der Waals surface area contributed by atoms with Crippen LogP contribution in [-0.4, -0.2) is 12.1 Å². The lowest BCUT2D eigenvalue weighted by Crippen LogP contribution is -2.39. The molecule has 19 heavy (non-hydrogen) atoms. The minimum Gasteiger partial charge on any atom is -0.445 e. The van der Waals surface area contributed by atoms with Crippen molar-refractivity contribution in [2.45, 2.75) is 39.3 Å². The van der Waals surface area contributed by atoms with Crippen LogP contribution in [0, 0.1) is 17.2 Å². The highest BCUT2D eigenvalue weighted by molar-refractivity contribution is 5.67. The van der Waals surface area contributed by atoms with Crippen LogP contribution in [0.15, 0.2) is 30.3 Å². The van der Waals surface area contributed by atoms with Crippen molar-refractivity contribution in [1.82, 2.24) is 5.32 Å². The van der Waals surface area contributed by atoms with E-state index in [0.717, 1.165) is 12.0 Å². The van der Waals surface area contributed by atoms with Gasteiger partial charge in [0.15, 0.2) is 0 Å². The Hall–Kier alpha value is -2.02. The van der Waals surface area contributed by atoms with Gasteiger partial charge in [-0.2, -0.15) is 5.26 Å². The Morgan fingerprint density at radius 2 is 2.11 bits per heavy atom. The molecule has 0 aliphatic rings. The molecule has 1 unspecified atom stereocenters. The zero-order valence-electron chi connectivity index (χ0n) is 11.4. The van der Waals surface area contributed by atoms with Crippen molar-refractivity contribution in [3.63, 3.8) is 0 Å². The Bertz CT molecular complexity index is 426. The summed E-state index contributed by atoms with van der Waals surface area (Å²) in [6, 6.07) is 11.4. The van der Waals surface area contributed by atoms with Crippen molar-refractivity contribution in [2.24, 2.45) is 5.92 Å². The Morgan fingerprint density at radius 3 is 2.68 bits per heavy atom. The minimum absolute atomic E-state index is 0.154. The number of rotatable bonds is 6. The summed E-state index contributed by atoms with van der Waals surface area (Å²) >= 11 is 0. The molecule has 0 bridgehead atoms. The van der Waals surface area contributed by atoms with Crippen LogP contribution in [0.1, 0.15) is 32.3 Å². The predicted molar refractivity (Wildman–Crippen MR) is 73.2 cm³/mol. The monoisotopic (exact) mass is 260 g/mol. The van der Waals surface area contributed by atoms with Gasteiger partial charge in [0.2, 0.25) is 0 Å². The topological polar surface area (TPSA) is 62.1 Å². The van der Waals surface area contributed by atoms with Crippen LogP contribution < -0.4 is 5.32 Å². The number of alkyl carbamates (subject to hydrolysis) is 1. The van der Waals surface area contributed by atoms with E-state index in [1.165, 1.54) is 0 Å². The summed E-state index contributed by atoms with van der Waals surface area (Å²) in [6.07, 6.45) is 0.741. The number of carbonyl (C=O) groups excluding carboxylic acids is 1. The molecule has 0 spiro atoms. The maximum atomic E-state index is 11.7. The Kier molecular flexibility index (Phi) is 6.45. The van der Waals surface area contributed by atoms with Gasteiger partial charge in [0.25, 0.3) is 0 Å². The zero-order valence-corrected chi connectivity index (χ0v) is 11.4. The van der Waals surface area contributed by atoms with Gasteiger partial charge in [-0.25, -0.2) is 4.79 Å². The maximum Gasteiger partial charge on any atom is 0.407 e. The van der Waals surface area contributed by atoms with E-state index in [9.17, 15) is 4.79 Å². The summed E-state index contributed by atoms with van der Waals surface area (Å²) in [5.41, 5.74) is 0.943. The van der Waals surface area contributed by atoms with Gasteiger partial charge in [-0.05, 0) is 11.5 Å². The Morgan fingerprint density at radius 1 is 1.42 bits per heavy atom. The van der Waals surface area contributed by atoms with Gasteiger partial charge >= 0.3 is 6.09 Å². The van der Waals surface area contributed by atoms with Crippen molar-refractivity contribution >= 4 is 6.09 Å². The summed E-state index contributed by atoms with van der Waals surface area (Å²) < 4.78 is 5.14. The molecule has 1 amide bonds. The normalized spacial score (nSPS) is 13.1. The second-order valence-corrected chi connectivity index (χ2v) is 4.56. The fourth-order valence-corrected chi connectivity index (χ4v) is 1.69. The molecule has 4 heteroatoms. The lowest BCUT2D eigenvalue weighted by atomic mass is 9.97. The second-order valence-electron chi connectivity index (χ2n) is 4.56. The van der Waals surface area contributed by atoms with Gasteiger partial charge in [0.05, 0.1) is 12.5 Å². The third kappa shape index (κ3) is 5.43. The standard InChI is InChI=1S/C15H20N2O2/c1-3-12(2)14(9-10-16)17-15(18)19-11-13-7-5-4-6-8-13/h4-8,12,14H,3,9,11H2,1-2H3,(H,17,18)/t12?,14-/m1/s1. The predicted octanol–water partition coefficient (Wildman–Crippen LogP) is 3.24. The van der Waals surface area contributed by atoms with E-state index in [0.29, 0.717) is 6.42 Å². The van der Waals surface area contributed by atoms with Crippen molar-refractivity contribution in [2.75, 3.05) is 0 Å². The average molecular weight is 260 g/mol. The summed E-state index contributed by atoms with van der Waals surface area (Å²) in [4.78, 5) is 11.7. The number of nitrogens with zero attached hydrogens (tertiary/aromatic N) is 1. The summed E-state index contributed by atoms with van der Waals surface area (Å²) in [7, 11) is 0. The molecular weight excluding hydrogens is 240 g/mol. The van der Waals surface area contributed by atoms with Crippen LogP contribution in [0.5, 0.6) is 0 Å². The number of nitrogens with one attached hydrogen (secondary N) is 1. The number of carbonyl (C=O) groups is 1. The molecule has 0 heterocycles. The van der Waals surface area contributed by atoms with Crippen LogP contribution in [-0.2, 0) is 11.3 Å². The molecule has 102 valence electrons. The number of hydrogen-bond donors (Lipinski definition) is 1. The number of benzene rings is 1. The van der Waals surface area contributed by atoms with Crippen LogP contribution in [0.4, 0.5) is 4.79 Å². The van der Waals surface area contributed by atoms with Crippen LogP contribution in [0.2, 0.25) is 0 Å². The summed E-state index contributed by atoms with van der Waals surface area (Å²) in [5.74, 6) is 0.254. The molecule has 4 nitrogen and oxygen atoms in total. The fourth-order valence-electron chi connectivity index (χ4n) is 1.69. The molecule has 1 aromatic carbocycles. The van der Waals surface area contributed by atoms with E-state index in [1.54, 1.807) is 0 Å². The molecule has 1 rings (SSSR count). The smallest absolute Gasteiger partial charge is 0.407 e. The fraction of sp³-hybridized carbons (Fsp3) is 0.467. The van der Waals surface area contributed by atoms with Crippen molar-refractivity contribution < 1.29 is 9.53 Å². The van der Waals surface area contributed by atoms with E-state index in [2.05, 4.69) is 11.4 Å². The number of hydrogen-bond acceptors (Lipinski definition) is 3. The van der Waals surface area contributed by atoms with E-state index < -0.39 is 6.09 Å². The number of nitriles is 1. The van der Waals surface area contributed by atoms with Gasteiger partial charge in [-0.15, -0.1) is 0 Å². The largest absolute Gasteiger partial charge is 0.445 e.